The van der Waals surface area contributed by atoms with E-state index in [-0.39, 0.29) is 11.8 Å². The molecule has 0 unspecified atom stereocenters. The molecular formula is C27H26N4O4. The molecule has 4 aromatic rings. The molecule has 0 atom stereocenters. The molecule has 1 saturated heterocycles. The predicted octanol–water partition coefficient (Wildman–Crippen LogP) is 4.11. The number of aromatic nitrogens is 2. The van der Waals surface area contributed by atoms with Crippen LogP contribution < -0.4 is 4.74 Å². The van der Waals surface area contributed by atoms with Gasteiger partial charge in [-0.1, -0.05) is 35.0 Å². The van der Waals surface area contributed by atoms with E-state index >= 15 is 0 Å². The Labute approximate surface area is 203 Å². The summed E-state index contributed by atoms with van der Waals surface area (Å²) < 4.78 is 10.6. The van der Waals surface area contributed by atoms with Crippen LogP contribution in [0.2, 0.25) is 0 Å². The largest absolute Gasteiger partial charge is 0.497 e. The molecular weight excluding hydrogens is 444 g/mol. The van der Waals surface area contributed by atoms with Gasteiger partial charge in [0.1, 0.15) is 5.75 Å². The van der Waals surface area contributed by atoms with Crippen LogP contribution in [-0.4, -0.2) is 65.0 Å². The van der Waals surface area contributed by atoms with E-state index in [1.165, 1.54) is 0 Å². The topological polar surface area (TPSA) is 88.8 Å². The van der Waals surface area contributed by atoms with E-state index in [0.29, 0.717) is 65.5 Å². The maximum atomic E-state index is 13.6. The number of rotatable bonds is 4. The van der Waals surface area contributed by atoms with Crippen molar-refractivity contribution in [2.24, 2.45) is 0 Å². The third-order valence-corrected chi connectivity index (χ3v) is 6.39. The summed E-state index contributed by atoms with van der Waals surface area (Å²) in [6, 6.07) is 16.8. The van der Waals surface area contributed by atoms with Crippen LogP contribution in [0.3, 0.4) is 0 Å². The lowest BCUT2D eigenvalue weighted by Gasteiger charge is -2.35. The molecule has 0 aliphatic carbocycles. The number of ether oxygens (including phenoxy) is 1. The molecule has 35 heavy (non-hydrogen) atoms. The molecule has 3 heterocycles. The minimum atomic E-state index is -0.117. The first-order valence-corrected chi connectivity index (χ1v) is 11.5. The Hall–Kier alpha value is -4.20. The van der Waals surface area contributed by atoms with Gasteiger partial charge in [0, 0.05) is 37.3 Å². The van der Waals surface area contributed by atoms with Crippen LogP contribution in [0, 0.1) is 13.8 Å². The first-order valence-electron chi connectivity index (χ1n) is 11.5. The maximum Gasteiger partial charge on any atom is 0.259 e. The van der Waals surface area contributed by atoms with E-state index in [2.05, 4.69) is 10.1 Å². The molecule has 0 spiro atoms. The number of fused-ring (bicyclic) bond motifs is 1. The number of piperazine rings is 1. The summed E-state index contributed by atoms with van der Waals surface area (Å²) in [5, 5.41) is 4.67. The molecule has 2 amide bonds. The third-order valence-electron chi connectivity index (χ3n) is 6.39. The number of carbonyl (C=O) groups excluding carboxylic acids is 2. The van der Waals surface area contributed by atoms with E-state index < -0.39 is 0 Å². The van der Waals surface area contributed by atoms with Gasteiger partial charge in [-0.3, -0.25) is 9.59 Å². The Morgan fingerprint density at radius 2 is 1.51 bits per heavy atom. The van der Waals surface area contributed by atoms with Gasteiger partial charge in [0.2, 0.25) is 0 Å². The molecule has 0 saturated carbocycles. The highest BCUT2D eigenvalue weighted by Gasteiger charge is 2.28. The Balaban J connectivity index is 1.37. The highest BCUT2D eigenvalue weighted by atomic mass is 16.5. The van der Waals surface area contributed by atoms with Gasteiger partial charge in [-0.05, 0) is 44.2 Å². The van der Waals surface area contributed by atoms with Crippen molar-refractivity contribution in [3.05, 3.63) is 77.0 Å². The molecule has 0 N–H and O–H groups in total. The SMILES string of the molecule is COc1ccc(C(=O)N2CCN(C(=O)c3cc(-c4ccc(C)cc4)nc4onc(C)c34)CC2)cc1. The van der Waals surface area contributed by atoms with E-state index in [0.717, 1.165) is 11.1 Å². The Bertz CT molecular complexity index is 1390. The van der Waals surface area contributed by atoms with Crippen molar-refractivity contribution in [3.63, 3.8) is 0 Å². The molecule has 2 aromatic heterocycles. The summed E-state index contributed by atoms with van der Waals surface area (Å²) in [4.78, 5) is 34.7. The molecule has 178 valence electrons. The highest BCUT2D eigenvalue weighted by molar-refractivity contribution is 6.07. The van der Waals surface area contributed by atoms with E-state index in [4.69, 9.17) is 9.26 Å². The second kappa shape index (κ2) is 9.21. The van der Waals surface area contributed by atoms with Gasteiger partial charge < -0.3 is 19.1 Å². The van der Waals surface area contributed by atoms with Gasteiger partial charge in [0.05, 0.1) is 29.4 Å². The highest BCUT2D eigenvalue weighted by Crippen LogP contribution is 2.28. The van der Waals surface area contributed by atoms with Crippen LogP contribution in [0.15, 0.2) is 59.1 Å². The minimum Gasteiger partial charge on any atom is -0.497 e. The van der Waals surface area contributed by atoms with Crippen molar-refractivity contribution in [2.45, 2.75) is 13.8 Å². The predicted molar refractivity (Wildman–Crippen MR) is 132 cm³/mol. The first-order chi connectivity index (χ1) is 16.9. The number of hydrogen-bond acceptors (Lipinski definition) is 6. The van der Waals surface area contributed by atoms with Gasteiger partial charge in [-0.25, -0.2) is 4.98 Å². The van der Waals surface area contributed by atoms with Crippen molar-refractivity contribution < 1.29 is 18.8 Å². The molecule has 1 aliphatic heterocycles. The van der Waals surface area contributed by atoms with Crippen molar-refractivity contribution in [2.75, 3.05) is 33.3 Å². The van der Waals surface area contributed by atoms with Gasteiger partial charge >= 0.3 is 0 Å². The summed E-state index contributed by atoms with van der Waals surface area (Å²) in [6.07, 6.45) is 0. The lowest BCUT2D eigenvalue weighted by atomic mass is 10.0. The quantitative estimate of drug-likeness (QED) is 0.446. The second-order valence-corrected chi connectivity index (χ2v) is 8.68. The summed E-state index contributed by atoms with van der Waals surface area (Å²) in [5.41, 5.74) is 4.78. The average Bonchev–Trinajstić information content (AvgIpc) is 3.28. The molecule has 1 fully saturated rings. The van der Waals surface area contributed by atoms with Crippen LogP contribution >= 0.6 is 0 Å². The second-order valence-electron chi connectivity index (χ2n) is 8.68. The minimum absolute atomic E-state index is 0.0532. The molecule has 0 radical (unpaired) electrons. The maximum absolute atomic E-state index is 13.6. The van der Waals surface area contributed by atoms with E-state index in [1.54, 1.807) is 48.1 Å². The number of pyridine rings is 1. The Kier molecular flexibility index (Phi) is 5.94. The van der Waals surface area contributed by atoms with Gasteiger partial charge in [0.25, 0.3) is 17.5 Å². The van der Waals surface area contributed by atoms with Crippen LogP contribution in [0.4, 0.5) is 0 Å². The average molecular weight is 471 g/mol. The number of carbonyl (C=O) groups is 2. The molecule has 5 rings (SSSR count). The van der Waals surface area contributed by atoms with Crippen molar-refractivity contribution in [1.29, 1.82) is 0 Å². The zero-order chi connectivity index (χ0) is 24.5. The molecule has 8 nitrogen and oxygen atoms in total. The molecule has 0 bridgehead atoms. The summed E-state index contributed by atoms with van der Waals surface area (Å²) in [6.45, 7) is 5.62. The van der Waals surface area contributed by atoms with Crippen LogP contribution in [0.5, 0.6) is 5.75 Å². The van der Waals surface area contributed by atoms with Crippen molar-refractivity contribution in [1.82, 2.24) is 19.9 Å². The van der Waals surface area contributed by atoms with E-state index in [1.807, 2.05) is 37.3 Å². The third kappa shape index (κ3) is 4.35. The van der Waals surface area contributed by atoms with Gasteiger partial charge in [-0.2, -0.15) is 0 Å². The zero-order valence-electron chi connectivity index (χ0n) is 19.9. The summed E-state index contributed by atoms with van der Waals surface area (Å²) in [5.74, 6) is 0.533. The smallest absolute Gasteiger partial charge is 0.259 e. The summed E-state index contributed by atoms with van der Waals surface area (Å²) in [7, 11) is 1.59. The zero-order valence-corrected chi connectivity index (χ0v) is 19.9. The Morgan fingerprint density at radius 1 is 0.886 bits per heavy atom. The van der Waals surface area contributed by atoms with Crippen LogP contribution in [0.1, 0.15) is 32.0 Å². The standard InChI is InChI=1S/C27H26N4O4/c1-17-4-6-19(7-5-17)23-16-22(24-18(2)29-35-25(24)28-23)27(33)31-14-12-30(13-15-31)26(32)20-8-10-21(34-3)11-9-20/h4-11,16H,12-15H2,1-3H3. The molecule has 1 aliphatic rings. The number of hydrogen-bond donors (Lipinski definition) is 0. The van der Waals surface area contributed by atoms with Crippen LogP contribution in [-0.2, 0) is 0 Å². The Morgan fingerprint density at radius 3 is 2.14 bits per heavy atom. The monoisotopic (exact) mass is 470 g/mol. The number of nitrogens with zero attached hydrogens (tertiary/aromatic N) is 4. The fourth-order valence-corrected chi connectivity index (χ4v) is 4.33. The van der Waals surface area contributed by atoms with Crippen molar-refractivity contribution >= 4 is 22.9 Å². The number of methoxy groups -OCH3 is 1. The lowest BCUT2D eigenvalue weighted by Crippen LogP contribution is -2.50. The number of benzene rings is 2. The van der Waals surface area contributed by atoms with Gasteiger partial charge in [0.15, 0.2) is 0 Å². The fraction of sp³-hybridized carbons (Fsp3) is 0.259. The normalized spacial score (nSPS) is 13.8. The van der Waals surface area contributed by atoms with E-state index in [9.17, 15) is 9.59 Å². The lowest BCUT2D eigenvalue weighted by molar-refractivity contribution is 0.0536. The van der Waals surface area contributed by atoms with Crippen molar-refractivity contribution in [3.8, 4) is 17.0 Å². The van der Waals surface area contributed by atoms with Crippen LogP contribution in [0.25, 0.3) is 22.4 Å². The fourth-order valence-electron chi connectivity index (χ4n) is 4.33. The van der Waals surface area contributed by atoms with Gasteiger partial charge in [-0.15, -0.1) is 0 Å². The molecule has 8 heteroatoms. The summed E-state index contributed by atoms with van der Waals surface area (Å²) >= 11 is 0. The first kappa shape index (κ1) is 22.6. The molecule has 2 aromatic carbocycles. The number of amides is 2. The number of aryl methyl sites for hydroxylation is 2.